The van der Waals surface area contributed by atoms with E-state index in [1.807, 2.05) is 31.2 Å². The van der Waals surface area contributed by atoms with Crippen LogP contribution in [0.1, 0.15) is 72.1 Å². The van der Waals surface area contributed by atoms with Gasteiger partial charge in [-0.1, -0.05) is 19.8 Å². The van der Waals surface area contributed by atoms with Gasteiger partial charge in [-0.3, -0.25) is 4.79 Å². The van der Waals surface area contributed by atoms with E-state index in [0.29, 0.717) is 18.6 Å². The summed E-state index contributed by atoms with van der Waals surface area (Å²) in [5.74, 6) is 1.35. The summed E-state index contributed by atoms with van der Waals surface area (Å²) < 4.78 is 11.9. The lowest BCUT2D eigenvalue weighted by Gasteiger charge is -2.38. The summed E-state index contributed by atoms with van der Waals surface area (Å²) in [4.78, 5) is 15.6. The van der Waals surface area contributed by atoms with Crippen LogP contribution >= 0.6 is 0 Å². The molecule has 0 aromatic heterocycles. The molecule has 2 fully saturated rings. The normalized spacial score (nSPS) is 27.6. The van der Waals surface area contributed by atoms with Crippen LogP contribution in [0.15, 0.2) is 24.3 Å². The van der Waals surface area contributed by atoms with Gasteiger partial charge in [0.1, 0.15) is 11.4 Å². The van der Waals surface area contributed by atoms with Crippen molar-refractivity contribution in [2.45, 2.75) is 83.8 Å². The van der Waals surface area contributed by atoms with Crippen molar-refractivity contribution in [3.63, 3.8) is 0 Å². The Kier molecular flexibility index (Phi) is 8.58. The minimum Gasteiger partial charge on any atom is -0.494 e. The molecule has 0 spiro atoms. The van der Waals surface area contributed by atoms with Crippen LogP contribution in [0.4, 0.5) is 5.69 Å². The van der Waals surface area contributed by atoms with Gasteiger partial charge < -0.3 is 19.7 Å². The molecule has 1 amide bonds. The average molecular weight is 417 g/mol. The number of hydrogen-bond donors (Lipinski definition) is 1. The maximum absolute atomic E-state index is 13.0. The number of carbonyl (C=O) groups excluding carboxylic acids is 1. The Morgan fingerprint density at radius 1 is 1.17 bits per heavy atom. The summed E-state index contributed by atoms with van der Waals surface area (Å²) in [6.45, 7) is 10.1. The monoisotopic (exact) mass is 416 g/mol. The Labute approximate surface area is 182 Å². The van der Waals surface area contributed by atoms with Gasteiger partial charge in [-0.2, -0.15) is 0 Å². The molecule has 1 heterocycles. The fourth-order valence-electron chi connectivity index (χ4n) is 5.01. The highest BCUT2D eigenvalue weighted by Crippen LogP contribution is 2.36. The topological polar surface area (TPSA) is 50.8 Å². The molecular formula is C25H40N2O3. The van der Waals surface area contributed by atoms with Gasteiger partial charge >= 0.3 is 0 Å². The third kappa shape index (κ3) is 6.21. The van der Waals surface area contributed by atoms with E-state index in [2.05, 4.69) is 24.1 Å². The number of nitrogens with one attached hydrogen (secondary N) is 1. The molecule has 30 heavy (non-hydrogen) atoms. The average Bonchev–Trinajstić information content (AvgIpc) is 2.74. The molecule has 0 bridgehead atoms. The number of ether oxygens (including phenoxy) is 2. The number of benzene rings is 1. The first kappa shape index (κ1) is 23.1. The highest BCUT2D eigenvalue weighted by Gasteiger charge is 2.42. The van der Waals surface area contributed by atoms with Gasteiger partial charge in [0, 0.05) is 24.9 Å². The number of amides is 1. The van der Waals surface area contributed by atoms with Crippen LogP contribution in [-0.2, 0) is 9.53 Å². The molecule has 1 saturated heterocycles. The van der Waals surface area contributed by atoms with Gasteiger partial charge in [0.15, 0.2) is 0 Å². The first-order valence-electron chi connectivity index (χ1n) is 11.9. The van der Waals surface area contributed by atoms with Crippen molar-refractivity contribution >= 4 is 11.6 Å². The molecule has 1 saturated carbocycles. The molecule has 1 aromatic carbocycles. The van der Waals surface area contributed by atoms with Gasteiger partial charge in [-0.05, 0) is 89.1 Å². The fourth-order valence-corrected chi connectivity index (χ4v) is 5.01. The van der Waals surface area contributed by atoms with Crippen LogP contribution in [-0.4, -0.2) is 48.8 Å². The third-order valence-electron chi connectivity index (χ3n) is 6.70. The van der Waals surface area contributed by atoms with Gasteiger partial charge in [0.2, 0.25) is 0 Å². The molecule has 1 aliphatic heterocycles. The number of rotatable bonds is 9. The predicted molar refractivity (Wildman–Crippen MR) is 122 cm³/mol. The molecular weight excluding hydrogens is 376 g/mol. The van der Waals surface area contributed by atoms with Crippen molar-refractivity contribution in [3.8, 4) is 5.75 Å². The molecule has 168 valence electrons. The van der Waals surface area contributed by atoms with E-state index in [9.17, 15) is 4.79 Å². The number of carbonyl (C=O) groups is 1. The van der Waals surface area contributed by atoms with Gasteiger partial charge in [-0.25, -0.2) is 0 Å². The molecule has 3 unspecified atom stereocenters. The fraction of sp³-hybridized carbons (Fsp3) is 0.720. The Balaban J connectivity index is 1.46. The molecule has 1 N–H and O–H groups in total. The highest BCUT2D eigenvalue weighted by atomic mass is 16.5. The zero-order chi connectivity index (χ0) is 21.4. The Morgan fingerprint density at radius 3 is 2.67 bits per heavy atom. The number of likely N-dealkylation sites (tertiary alicyclic amines) is 1. The van der Waals surface area contributed by atoms with Crippen molar-refractivity contribution in [3.05, 3.63) is 24.3 Å². The Bertz CT molecular complexity index is 659. The lowest BCUT2D eigenvalue weighted by Crippen LogP contribution is -2.48. The van der Waals surface area contributed by atoms with Crippen LogP contribution in [0.3, 0.4) is 0 Å². The second-order valence-electron chi connectivity index (χ2n) is 9.19. The van der Waals surface area contributed by atoms with Gasteiger partial charge in [0.25, 0.3) is 5.91 Å². The van der Waals surface area contributed by atoms with E-state index < -0.39 is 5.60 Å². The van der Waals surface area contributed by atoms with E-state index in [-0.39, 0.29) is 5.91 Å². The molecule has 0 radical (unpaired) electrons. The molecule has 2 aliphatic rings. The van der Waals surface area contributed by atoms with E-state index in [1.54, 1.807) is 0 Å². The maximum Gasteiger partial charge on any atom is 0.256 e. The lowest BCUT2D eigenvalue weighted by molar-refractivity contribution is -0.147. The molecule has 3 rings (SSSR count). The maximum atomic E-state index is 13.0. The zero-order valence-electron chi connectivity index (χ0n) is 19.1. The number of hydrogen-bond acceptors (Lipinski definition) is 4. The van der Waals surface area contributed by atoms with Gasteiger partial charge in [-0.15, -0.1) is 0 Å². The van der Waals surface area contributed by atoms with E-state index in [1.165, 1.54) is 32.2 Å². The van der Waals surface area contributed by atoms with Crippen molar-refractivity contribution in [2.24, 2.45) is 5.92 Å². The van der Waals surface area contributed by atoms with E-state index in [4.69, 9.17) is 9.47 Å². The lowest BCUT2D eigenvalue weighted by atomic mass is 9.78. The van der Waals surface area contributed by atoms with Crippen LogP contribution in [0.5, 0.6) is 5.75 Å². The minimum absolute atomic E-state index is 0.0137. The van der Waals surface area contributed by atoms with Crippen LogP contribution in [0.2, 0.25) is 0 Å². The summed E-state index contributed by atoms with van der Waals surface area (Å²) in [6, 6.07) is 8.43. The number of nitrogens with zero attached hydrogens (tertiary/aromatic N) is 1. The third-order valence-corrected chi connectivity index (χ3v) is 6.70. The molecule has 1 aliphatic carbocycles. The molecule has 5 nitrogen and oxygen atoms in total. The first-order chi connectivity index (χ1) is 14.5. The smallest absolute Gasteiger partial charge is 0.256 e. The van der Waals surface area contributed by atoms with Crippen LogP contribution in [0.25, 0.3) is 0 Å². The van der Waals surface area contributed by atoms with E-state index in [0.717, 1.165) is 50.3 Å². The Hall–Kier alpha value is -1.59. The SMILES string of the molecule is CCOC1(C(=O)Nc2ccc(OCCCN3CCCCC3C)cc2)CCCC(C)C1. The van der Waals surface area contributed by atoms with E-state index >= 15 is 0 Å². The summed E-state index contributed by atoms with van der Waals surface area (Å²) >= 11 is 0. The quantitative estimate of drug-likeness (QED) is 0.558. The number of anilines is 1. The zero-order valence-corrected chi connectivity index (χ0v) is 19.1. The minimum atomic E-state index is -0.687. The summed E-state index contributed by atoms with van der Waals surface area (Å²) in [5.41, 5.74) is 0.111. The summed E-state index contributed by atoms with van der Waals surface area (Å²) in [7, 11) is 0. The summed E-state index contributed by atoms with van der Waals surface area (Å²) in [6.07, 6.45) is 8.85. The van der Waals surface area contributed by atoms with Crippen LogP contribution in [0, 0.1) is 5.92 Å². The van der Waals surface area contributed by atoms with Crippen molar-refractivity contribution in [2.75, 3.05) is 31.6 Å². The van der Waals surface area contributed by atoms with Crippen LogP contribution < -0.4 is 10.1 Å². The number of piperidine rings is 1. The molecule has 5 heteroatoms. The highest BCUT2D eigenvalue weighted by molar-refractivity contribution is 5.97. The molecule has 3 atom stereocenters. The first-order valence-corrected chi connectivity index (χ1v) is 11.9. The molecule has 1 aromatic rings. The largest absolute Gasteiger partial charge is 0.494 e. The summed E-state index contributed by atoms with van der Waals surface area (Å²) in [5, 5.41) is 3.07. The predicted octanol–water partition coefficient (Wildman–Crippen LogP) is 5.25. The second kappa shape index (κ2) is 11.1. The van der Waals surface area contributed by atoms with Crippen molar-refractivity contribution < 1.29 is 14.3 Å². The van der Waals surface area contributed by atoms with Crippen molar-refractivity contribution in [1.29, 1.82) is 0 Å². The second-order valence-corrected chi connectivity index (χ2v) is 9.19. The van der Waals surface area contributed by atoms with Crippen molar-refractivity contribution in [1.82, 2.24) is 4.90 Å². The van der Waals surface area contributed by atoms with Gasteiger partial charge in [0.05, 0.1) is 6.61 Å². The Morgan fingerprint density at radius 2 is 1.97 bits per heavy atom. The standard InChI is InChI=1S/C25H40N2O3/c1-4-30-25(15-7-9-20(2)19-25)24(28)26-22-11-13-23(14-12-22)29-18-8-17-27-16-6-5-10-21(27)3/h11-14,20-21H,4-10,15-19H2,1-3H3,(H,26,28).